The topological polar surface area (TPSA) is 74.7 Å². The van der Waals surface area contributed by atoms with Gasteiger partial charge in [0.1, 0.15) is 0 Å². The average Bonchev–Trinajstić information content (AvgIpc) is 2.26. The van der Waals surface area contributed by atoms with Crippen LogP contribution in [-0.2, 0) is 21.2 Å². The lowest BCUT2D eigenvalue weighted by molar-refractivity contribution is -0.134. The Morgan fingerprint density at radius 1 is 1.29 bits per heavy atom. The molecule has 0 spiro atoms. The van der Waals surface area contributed by atoms with E-state index >= 15 is 0 Å². The van der Waals surface area contributed by atoms with E-state index < -0.39 is 21.7 Å². The average molecular weight is 257 g/mol. The molecule has 0 saturated heterocycles. The van der Waals surface area contributed by atoms with Crippen LogP contribution in [0, 0.1) is 0 Å². The molecule has 0 unspecified atom stereocenters. The molecule has 94 valence electrons. The molecule has 5 nitrogen and oxygen atoms in total. The van der Waals surface area contributed by atoms with Crippen LogP contribution in [0.25, 0.3) is 0 Å². The van der Waals surface area contributed by atoms with Gasteiger partial charge in [0.2, 0.25) is 10.0 Å². The van der Waals surface area contributed by atoms with E-state index in [0.717, 1.165) is 16.3 Å². The van der Waals surface area contributed by atoms with E-state index in [9.17, 15) is 13.2 Å². The summed E-state index contributed by atoms with van der Waals surface area (Å²) in [5.74, 6) is -2.26. The minimum absolute atomic E-state index is 0.462. The van der Waals surface area contributed by atoms with Gasteiger partial charge >= 0.3 is 5.97 Å². The highest BCUT2D eigenvalue weighted by molar-refractivity contribution is 7.93. The number of hydrogen-bond donors (Lipinski definition) is 1. The summed E-state index contributed by atoms with van der Waals surface area (Å²) in [6.07, 6.45) is 0.867. The fraction of sp³-hybridized carbons (Fsp3) is 0.364. The van der Waals surface area contributed by atoms with Crippen LogP contribution in [0.5, 0.6) is 0 Å². The molecule has 0 bridgehead atoms. The Morgan fingerprint density at radius 2 is 1.82 bits per heavy atom. The van der Waals surface area contributed by atoms with Crippen molar-refractivity contribution < 1.29 is 18.3 Å². The van der Waals surface area contributed by atoms with Crippen LogP contribution in [0.3, 0.4) is 0 Å². The van der Waals surface area contributed by atoms with E-state index in [1.54, 1.807) is 12.1 Å². The van der Waals surface area contributed by atoms with Crippen molar-refractivity contribution in [3.8, 4) is 0 Å². The van der Waals surface area contributed by atoms with Gasteiger partial charge in [0.15, 0.2) is 5.75 Å². The minimum atomic E-state index is -3.80. The second kappa shape index (κ2) is 5.18. The molecule has 1 rings (SSSR count). The van der Waals surface area contributed by atoms with Crippen molar-refractivity contribution >= 4 is 21.7 Å². The zero-order valence-electron chi connectivity index (χ0n) is 9.75. The van der Waals surface area contributed by atoms with Crippen LogP contribution in [-0.4, -0.2) is 32.3 Å². The van der Waals surface area contributed by atoms with Gasteiger partial charge in [0, 0.05) is 7.05 Å². The maximum Gasteiger partial charge on any atom is 0.320 e. The number of carbonyl (C=O) groups is 1. The van der Waals surface area contributed by atoms with Crippen molar-refractivity contribution in [2.45, 2.75) is 13.3 Å². The largest absolute Gasteiger partial charge is 0.480 e. The van der Waals surface area contributed by atoms with E-state index in [0.29, 0.717) is 5.69 Å². The van der Waals surface area contributed by atoms with E-state index in [1.807, 2.05) is 19.1 Å². The standard InChI is InChI=1S/C11H15NO4S/c1-3-9-4-6-10(7-5-9)12(2)17(15,16)8-11(13)14/h4-7H,3,8H2,1-2H3,(H,13,14). The van der Waals surface area contributed by atoms with Crippen molar-refractivity contribution in [3.05, 3.63) is 29.8 Å². The number of nitrogens with zero attached hydrogens (tertiary/aromatic N) is 1. The number of anilines is 1. The second-order valence-corrected chi connectivity index (χ2v) is 5.64. The molecular formula is C11H15NO4S. The molecule has 0 fully saturated rings. The summed E-state index contributed by atoms with van der Waals surface area (Å²) in [7, 11) is -2.45. The fourth-order valence-electron chi connectivity index (χ4n) is 1.36. The Labute approximate surface area is 101 Å². The minimum Gasteiger partial charge on any atom is -0.480 e. The molecule has 0 aliphatic rings. The predicted molar refractivity (Wildman–Crippen MR) is 65.6 cm³/mol. The molecule has 0 radical (unpaired) electrons. The molecule has 17 heavy (non-hydrogen) atoms. The van der Waals surface area contributed by atoms with Gasteiger partial charge in [-0.1, -0.05) is 19.1 Å². The molecule has 1 aromatic rings. The van der Waals surface area contributed by atoms with Gasteiger partial charge in [-0.05, 0) is 24.1 Å². The molecule has 1 aromatic carbocycles. The first-order valence-corrected chi connectivity index (χ1v) is 6.75. The molecule has 0 atom stereocenters. The lowest BCUT2D eigenvalue weighted by Crippen LogP contribution is -2.32. The first-order chi connectivity index (χ1) is 7.86. The van der Waals surface area contributed by atoms with Gasteiger partial charge in [-0.2, -0.15) is 0 Å². The van der Waals surface area contributed by atoms with Crippen LogP contribution in [0.2, 0.25) is 0 Å². The summed E-state index contributed by atoms with van der Waals surface area (Å²) in [5.41, 5.74) is 1.56. The highest BCUT2D eigenvalue weighted by Crippen LogP contribution is 2.17. The highest BCUT2D eigenvalue weighted by atomic mass is 32.2. The van der Waals surface area contributed by atoms with Crippen LogP contribution < -0.4 is 4.31 Å². The smallest absolute Gasteiger partial charge is 0.320 e. The number of hydrogen-bond acceptors (Lipinski definition) is 3. The van der Waals surface area contributed by atoms with Crippen molar-refractivity contribution in [3.63, 3.8) is 0 Å². The Bertz CT molecular complexity index is 493. The van der Waals surface area contributed by atoms with Gasteiger partial charge in [-0.15, -0.1) is 0 Å². The number of aliphatic carboxylic acids is 1. The first-order valence-electron chi connectivity index (χ1n) is 5.14. The normalized spacial score (nSPS) is 11.2. The summed E-state index contributed by atoms with van der Waals surface area (Å²) >= 11 is 0. The number of sulfonamides is 1. The van der Waals surface area contributed by atoms with Gasteiger partial charge in [0.25, 0.3) is 0 Å². The maximum atomic E-state index is 11.6. The van der Waals surface area contributed by atoms with Crippen LogP contribution in [0.15, 0.2) is 24.3 Å². The number of carboxylic acid groups (broad SMARTS) is 1. The monoisotopic (exact) mass is 257 g/mol. The van der Waals surface area contributed by atoms with Crippen molar-refractivity contribution in [1.29, 1.82) is 0 Å². The summed E-state index contributed by atoms with van der Waals surface area (Å²) < 4.78 is 24.3. The zero-order chi connectivity index (χ0) is 13.1. The van der Waals surface area contributed by atoms with Crippen molar-refractivity contribution in [2.75, 3.05) is 17.1 Å². The molecule has 1 N–H and O–H groups in total. The maximum absolute atomic E-state index is 11.6. The van der Waals surface area contributed by atoms with E-state index in [-0.39, 0.29) is 0 Å². The Morgan fingerprint density at radius 3 is 2.24 bits per heavy atom. The lowest BCUT2D eigenvalue weighted by Gasteiger charge is -2.18. The Kier molecular flexibility index (Phi) is 4.11. The molecule has 6 heteroatoms. The van der Waals surface area contributed by atoms with Crippen molar-refractivity contribution in [2.24, 2.45) is 0 Å². The van der Waals surface area contributed by atoms with E-state index in [4.69, 9.17) is 5.11 Å². The number of aryl methyl sites for hydroxylation is 1. The first kappa shape index (κ1) is 13.5. The second-order valence-electron chi connectivity index (χ2n) is 3.64. The molecule has 0 heterocycles. The molecular weight excluding hydrogens is 242 g/mol. The van der Waals surface area contributed by atoms with Gasteiger partial charge < -0.3 is 5.11 Å². The Hall–Kier alpha value is -1.56. The van der Waals surface area contributed by atoms with E-state index in [2.05, 4.69) is 0 Å². The molecule has 0 aliphatic carbocycles. The lowest BCUT2D eigenvalue weighted by atomic mass is 10.1. The van der Waals surface area contributed by atoms with Gasteiger partial charge in [-0.3, -0.25) is 9.10 Å². The summed E-state index contributed by atoms with van der Waals surface area (Å²) in [6.45, 7) is 2.00. The number of benzene rings is 1. The van der Waals surface area contributed by atoms with Crippen LogP contribution in [0.1, 0.15) is 12.5 Å². The Balaban J connectivity index is 2.95. The molecule has 0 saturated carbocycles. The third-order valence-corrected chi connectivity index (χ3v) is 4.09. The summed E-state index contributed by atoms with van der Waals surface area (Å²) in [6, 6.07) is 6.97. The quantitative estimate of drug-likeness (QED) is 0.857. The van der Waals surface area contributed by atoms with Crippen molar-refractivity contribution in [1.82, 2.24) is 0 Å². The highest BCUT2D eigenvalue weighted by Gasteiger charge is 2.21. The number of rotatable bonds is 5. The summed E-state index contributed by atoms with van der Waals surface area (Å²) in [4.78, 5) is 10.4. The predicted octanol–water partition coefficient (Wildman–Crippen LogP) is 1.10. The van der Waals surface area contributed by atoms with E-state index in [1.165, 1.54) is 7.05 Å². The molecule has 0 aromatic heterocycles. The molecule has 0 amide bonds. The fourth-order valence-corrected chi connectivity index (χ4v) is 2.30. The van der Waals surface area contributed by atoms with Gasteiger partial charge in [-0.25, -0.2) is 8.42 Å². The summed E-state index contributed by atoms with van der Waals surface area (Å²) in [5, 5.41) is 8.52. The molecule has 0 aliphatic heterocycles. The SMILES string of the molecule is CCc1ccc(N(C)S(=O)(=O)CC(=O)O)cc1. The third kappa shape index (κ3) is 3.45. The third-order valence-electron chi connectivity index (χ3n) is 2.43. The van der Waals surface area contributed by atoms with Crippen LogP contribution in [0.4, 0.5) is 5.69 Å². The zero-order valence-corrected chi connectivity index (χ0v) is 10.6. The van der Waals surface area contributed by atoms with Crippen LogP contribution >= 0.6 is 0 Å². The van der Waals surface area contributed by atoms with Gasteiger partial charge in [0.05, 0.1) is 5.69 Å². The number of carboxylic acids is 1.